The Balaban J connectivity index is 2.09. The first kappa shape index (κ1) is 15.5. The lowest BCUT2D eigenvalue weighted by molar-refractivity contribution is -0.389. The molecular weight excluding hydrogens is 288 g/mol. The average Bonchev–Trinajstić information content (AvgIpc) is 2.83. The molecule has 1 aromatic carbocycles. The summed E-state index contributed by atoms with van der Waals surface area (Å²) in [5, 5.41) is 17.2. The maximum atomic E-state index is 12.1. The quantitative estimate of drug-likeness (QED) is 0.651. The van der Waals surface area contributed by atoms with E-state index in [0.29, 0.717) is 23.7 Å². The molecule has 2 rings (SSSR count). The predicted molar refractivity (Wildman–Crippen MR) is 79.9 cm³/mol. The van der Waals surface area contributed by atoms with E-state index in [4.69, 9.17) is 4.74 Å². The molecule has 0 aliphatic heterocycles. The van der Waals surface area contributed by atoms with Crippen molar-refractivity contribution >= 4 is 17.4 Å². The second kappa shape index (κ2) is 6.70. The fourth-order valence-corrected chi connectivity index (χ4v) is 1.92. The molecule has 0 saturated heterocycles. The molecule has 0 aliphatic carbocycles. The van der Waals surface area contributed by atoms with Gasteiger partial charge in [-0.15, -0.1) is 0 Å². The number of nitro groups is 1. The Morgan fingerprint density at radius 3 is 2.82 bits per heavy atom. The highest BCUT2D eigenvalue weighted by atomic mass is 16.6. The topological polar surface area (TPSA) is 99.3 Å². The molecule has 1 aromatic heterocycles. The fraction of sp³-hybridized carbons (Fsp3) is 0.286. The molecule has 8 nitrogen and oxygen atoms in total. The van der Waals surface area contributed by atoms with Gasteiger partial charge in [-0.25, -0.2) is 0 Å². The number of ether oxygens (including phenoxy) is 1. The van der Waals surface area contributed by atoms with Crippen molar-refractivity contribution < 1.29 is 14.5 Å². The van der Waals surface area contributed by atoms with Crippen LogP contribution in [-0.2, 0) is 11.3 Å². The summed E-state index contributed by atoms with van der Waals surface area (Å²) in [5.74, 6) is -0.0465. The van der Waals surface area contributed by atoms with E-state index in [2.05, 4.69) is 10.4 Å². The fourth-order valence-electron chi connectivity index (χ4n) is 1.92. The molecule has 8 heteroatoms. The van der Waals surface area contributed by atoms with E-state index >= 15 is 0 Å². The third-order valence-electron chi connectivity index (χ3n) is 2.91. The molecule has 0 radical (unpaired) electrons. The Kier molecular flexibility index (Phi) is 4.72. The maximum absolute atomic E-state index is 12.1. The molecule has 1 N–H and O–H groups in total. The van der Waals surface area contributed by atoms with Crippen LogP contribution in [0, 0.1) is 17.0 Å². The van der Waals surface area contributed by atoms with E-state index < -0.39 is 4.92 Å². The molecular formula is C14H16N4O4. The SMILES string of the molecule is CCOc1ccccc1NC(=O)Cn1nc([N+](=O)[O-])cc1C. The van der Waals surface area contributed by atoms with Crippen molar-refractivity contribution in [3.63, 3.8) is 0 Å². The smallest absolute Gasteiger partial charge is 0.390 e. The van der Waals surface area contributed by atoms with Gasteiger partial charge in [0.25, 0.3) is 0 Å². The molecule has 0 unspecified atom stereocenters. The highest BCUT2D eigenvalue weighted by Gasteiger charge is 2.18. The number of hydrogen-bond acceptors (Lipinski definition) is 5. The van der Waals surface area contributed by atoms with Crippen LogP contribution in [0.1, 0.15) is 12.6 Å². The van der Waals surface area contributed by atoms with Crippen LogP contribution in [0.15, 0.2) is 30.3 Å². The van der Waals surface area contributed by atoms with Crippen molar-refractivity contribution in [3.8, 4) is 5.75 Å². The Morgan fingerprint density at radius 1 is 1.45 bits per heavy atom. The van der Waals surface area contributed by atoms with E-state index in [0.717, 1.165) is 0 Å². The number of para-hydroxylation sites is 2. The number of amides is 1. The van der Waals surface area contributed by atoms with Crippen molar-refractivity contribution in [3.05, 3.63) is 46.1 Å². The van der Waals surface area contributed by atoms with Crippen LogP contribution < -0.4 is 10.1 Å². The van der Waals surface area contributed by atoms with E-state index in [-0.39, 0.29) is 18.3 Å². The van der Waals surface area contributed by atoms with Crippen LogP contribution in [0.25, 0.3) is 0 Å². The zero-order valence-corrected chi connectivity index (χ0v) is 12.3. The lowest BCUT2D eigenvalue weighted by Crippen LogP contribution is -2.20. The van der Waals surface area contributed by atoms with Gasteiger partial charge in [0.1, 0.15) is 12.3 Å². The Hall–Kier alpha value is -2.90. The maximum Gasteiger partial charge on any atom is 0.390 e. The van der Waals surface area contributed by atoms with Gasteiger partial charge in [0, 0.05) is 0 Å². The number of nitrogens with one attached hydrogen (secondary N) is 1. The average molecular weight is 304 g/mol. The van der Waals surface area contributed by atoms with E-state index in [1.165, 1.54) is 10.7 Å². The molecule has 1 amide bonds. The van der Waals surface area contributed by atoms with E-state index in [9.17, 15) is 14.9 Å². The predicted octanol–water partition coefficient (Wildman–Crippen LogP) is 2.14. The van der Waals surface area contributed by atoms with Gasteiger partial charge in [-0.1, -0.05) is 12.1 Å². The number of rotatable bonds is 6. The van der Waals surface area contributed by atoms with Crippen LogP contribution in [0.4, 0.5) is 11.5 Å². The largest absolute Gasteiger partial charge is 0.492 e. The number of carbonyl (C=O) groups excluding carboxylic acids is 1. The number of benzene rings is 1. The number of carbonyl (C=O) groups is 1. The first-order chi connectivity index (χ1) is 10.5. The van der Waals surface area contributed by atoms with Gasteiger partial charge in [-0.05, 0) is 30.9 Å². The second-order valence-electron chi connectivity index (χ2n) is 4.54. The number of hydrogen-bond donors (Lipinski definition) is 1. The molecule has 0 atom stereocenters. The zero-order chi connectivity index (χ0) is 16.1. The number of aromatic nitrogens is 2. The van der Waals surface area contributed by atoms with Crippen molar-refractivity contribution in [2.24, 2.45) is 0 Å². The first-order valence-corrected chi connectivity index (χ1v) is 6.71. The number of nitrogens with zero attached hydrogens (tertiary/aromatic N) is 3. The Morgan fingerprint density at radius 2 is 2.18 bits per heavy atom. The third kappa shape index (κ3) is 3.60. The van der Waals surface area contributed by atoms with Crippen LogP contribution in [-0.4, -0.2) is 27.2 Å². The summed E-state index contributed by atoms with van der Waals surface area (Å²) >= 11 is 0. The number of aryl methyl sites for hydroxylation is 1. The monoisotopic (exact) mass is 304 g/mol. The Labute approximate surface area is 126 Å². The summed E-state index contributed by atoms with van der Waals surface area (Å²) in [6.07, 6.45) is 0. The molecule has 22 heavy (non-hydrogen) atoms. The van der Waals surface area contributed by atoms with E-state index in [1.54, 1.807) is 25.1 Å². The highest BCUT2D eigenvalue weighted by Crippen LogP contribution is 2.23. The van der Waals surface area contributed by atoms with Gasteiger partial charge in [-0.3, -0.25) is 4.79 Å². The normalized spacial score (nSPS) is 10.3. The van der Waals surface area contributed by atoms with Gasteiger partial charge < -0.3 is 20.2 Å². The van der Waals surface area contributed by atoms with Crippen LogP contribution in [0.5, 0.6) is 5.75 Å². The molecule has 0 saturated carbocycles. The standard InChI is InChI=1S/C14H16N4O4/c1-3-22-12-7-5-4-6-11(12)15-14(19)9-17-10(2)8-13(16-17)18(20)21/h4-8H,3,9H2,1-2H3,(H,15,19). The molecule has 0 aliphatic rings. The summed E-state index contributed by atoms with van der Waals surface area (Å²) in [5.41, 5.74) is 1.09. The van der Waals surface area contributed by atoms with Crippen molar-refractivity contribution in [2.75, 3.05) is 11.9 Å². The summed E-state index contributed by atoms with van der Waals surface area (Å²) in [4.78, 5) is 22.2. The van der Waals surface area contributed by atoms with Crippen molar-refractivity contribution in [1.82, 2.24) is 9.78 Å². The molecule has 1 heterocycles. The summed E-state index contributed by atoms with van der Waals surface area (Å²) in [6, 6.07) is 8.38. The Bertz CT molecular complexity index is 696. The minimum Gasteiger partial charge on any atom is -0.492 e. The molecule has 2 aromatic rings. The lowest BCUT2D eigenvalue weighted by Gasteiger charge is -2.10. The summed E-state index contributed by atoms with van der Waals surface area (Å²) in [6.45, 7) is 3.88. The van der Waals surface area contributed by atoms with Crippen molar-refractivity contribution in [1.29, 1.82) is 0 Å². The highest BCUT2D eigenvalue weighted by molar-refractivity contribution is 5.92. The lowest BCUT2D eigenvalue weighted by atomic mass is 10.3. The van der Waals surface area contributed by atoms with Gasteiger partial charge in [-0.2, -0.15) is 4.68 Å². The van der Waals surface area contributed by atoms with Gasteiger partial charge >= 0.3 is 5.82 Å². The van der Waals surface area contributed by atoms with Crippen molar-refractivity contribution in [2.45, 2.75) is 20.4 Å². The summed E-state index contributed by atoms with van der Waals surface area (Å²) in [7, 11) is 0. The van der Waals surface area contributed by atoms with Gasteiger partial charge in [0.05, 0.1) is 29.2 Å². The minimum absolute atomic E-state index is 0.111. The zero-order valence-electron chi connectivity index (χ0n) is 12.3. The first-order valence-electron chi connectivity index (χ1n) is 6.71. The number of anilines is 1. The molecule has 116 valence electrons. The van der Waals surface area contributed by atoms with Gasteiger partial charge in [0.2, 0.25) is 5.91 Å². The molecule has 0 spiro atoms. The van der Waals surface area contributed by atoms with E-state index in [1.807, 2.05) is 13.0 Å². The summed E-state index contributed by atoms with van der Waals surface area (Å²) < 4.78 is 6.71. The van der Waals surface area contributed by atoms with Crippen LogP contribution in [0.2, 0.25) is 0 Å². The van der Waals surface area contributed by atoms with Crippen LogP contribution in [0.3, 0.4) is 0 Å². The molecule has 0 bridgehead atoms. The van der Waals surface area contributed by atoms with Gasteiger partial charge in [0.15, 0.2) is 0 Å². The second-order valence-corrected chi connectivity index (χ2v) is 4.54. The van der Waals surface area contributed by atoms with Crippen LogP contribution >= 0.6 is 0 Å². The minimum atomic E-state index is -0.591. The molecule has 0 fully saturated rings. The third-order valence-corrected chi connectivity index (χ3v) is 2.91.